The maximum atomic E-state index is 12.5. The molecule has 12 aromatic carbocycles. The Bertz CT molecular complexity index is 3400. The first-order valence-corrected chi connectivity index (χ1v) is 23.9. The van der Waals surface area contributed by atoms with Crippen molar-refractivity contribution in [3.8, 4) is 67.9 Å². The molecular formula is C65H50LaN3O6-2. The van der Waals surface area contributed by atoms with Crippen LogP contribution in [0.2, 0.25) is 0 Å². The molecule has 0 amide bonds. The van der Waals surface area contributed by atoms with Crippen LogP contribution in [0.4, 0.5) is 0 Å². The maximum Gasteiger partial charge on any atom is 3.00 e. The van der Waals surface area contributed by atoms with E-state index in [2.05, 4.69) is 0 Å². The second-order valence-corrected chi connectivity index (χ2v) is 18.1. The molecule has 0 fully saturated rings. The zero-order chi connectivity index (χ0) is 52.0. The fourth-order valence-corrected chi connectivity index (χ4v) is 9.46. The quantitative estimate of drug-likeness (QED) is 0.135. The Labute approximate surface area is 464 Å². The predicted octanol–water partition coefficient (Wildman–Crippen LogP) is 11.6. The summed E-state index contributed by atoms with van der Waals surface area (Å²) in [5.41, 5.74) is 3.00. The van der Waals surface area contributed by atoms with Gasteiger partial charge in [0.15, 0.2) is 5.96 Å². The van der Waals surface area contributed by atoms with Gasteiger partial charge in [-0.2, -0.15) is 0 Å². The largest absolute Gasteiger partial charge is 3.00 e. The number of nitrogens with one attached hydrogen (secondary N) is 1. The van der Waals surface area contributed by atoms with E-state index >= 15 is 0 Å². The molecule has 9 nitrogen and oxygen atoms in total. The number of guanidine groups is 1. The van der Waals surface area contributed by atoms with Crippen LogP contribution in [0.15, 0.2) is 218 Å². The molecule has 12 rings (SSSR count). The average molecular weight is 1110 g/mol. The van der Waals surface area contributed by atoms with Gasteiger partial charge in [0.2, 0.25) is 0 Å². The molecule has 0 saturated heterocycles. The van der Waals surface area contributed by atoms with Crippen molar-refractivity contribution < 1.29 is 67.7 Å². The molecule has 0 aliphatic carbocycles. The van der Waals surface area contributed by atoms with E-state index < -0.39 is 0 Å². The van der Waals surface area contributed by atoms with Crippen LogP contribution < -0.4 is 30.6 Å². The van der Waals surface area contributed by atoms with Crippen molar-refractivity contribution >= 4 is 70.6 Å². The second-order valence-electron chi connectivity index (χ2n) is 18.1. The summed E-state index contributed by atoms with van der Waals surface area (Å²) in [7, 11) is 7.40. The molecule has 10 heteroatoms. The van der Waals surface area contributed by atoms with Gasteiger partial charge < -0.3 is 40.4 Å². The van der Waals surface area contributed by atoms with Crippen molar-refractivity contribution in [2.75, 3.05) is 28.2 Å². The van der Waals surface area contributed by atoms with Crippen molar-refractivity contribution in [3.05, 3.63) is 218 Å². The average Bonchev–Trinajstić information content (AvgIpc) is 3.42. The minimum absolute atomic E-state index is 0. The normalized spacial score (nSPS) is 10.7. The summed E-state index contributed by atoms with van der Waals surface area (Å²) < 4.78 is 0. The molecule has 0 saturated carbocycles. The second kappa shape index (κ2) is 23.1. The Kier molecular flexibility index (Phi) is 16.3. The molecule has 0 aromatic heterocycles. The van der Waals surface area contributed by atoms with E-state index in [1.165, 1.54) is 0 Å². The van der Waals surface area contributed by atoms with Gasteiger partial charge in [-0.25, -0.2) is 0 Å². The van der Waals surface area contributed by atoms with Crippen molar-refractivity contribution in [3.63, 3.8) is 0 Å². The van der Waals surface area contributed by atoms with Crippen LogP contribution in [0.1, 0.15) is 1.43 Å². The van der Waals surface area contributed by atoms with Gasteiger partial charge in [-0.3, -0.25) is 5.41 Å². The number of nitrogens with zero attached hydrogens (tertiary/aromatic N) is 2. The van der Waals surface area contributed by atoms with E-state index in [9.17, 15) is 30.6 Å². The predicted molar refractivity (Wildman–Crippen MR) is 294 cm³/mol. The van der Waals surface area contributed by atoms with Gasteiger partial charge in [-0.05, 0) is 98.0 Å². The third-order valence-corrected chi connectivity index (χ3v) is 12.9. The molecule has 0 unspecified atom stereocenters. The number of rotatable bonds is 3. The Morgan fingerprint density at radius 2 is 0.413 bits per heavy atom. The summed E-state index contributed by atoms with van der Waals surface area (Å²) in [4.78, 5) is 3.50. The van der Waals surface area contributed by atoms with Crippen LogP contribution >= 0.6 is 0 Å². The summed E-state index contributed by atoms with van der Waals surface area (Å²) in [6, 6.07) is 66.1. The molecule has 0 aliphatic rings. The fraction of sp³-hybridized carbons (Fsp3) is 0.0615. The summed E-state index contributed by atoms with van der Waals surface area (Å²) >= 11 is 0. The van der Waals surface area contributed by atoms with Gasteiger partial charge in [0.1, 0.15) is 0 Å². The third-order valence-electron chi connectivity index (χ3n) is 12.9. The molecule has 0 radical (unpaired) electrons. The van der Waals surface area contributed by atoms with Crippen LogP contribution in [-0.4, -0.2) is 44.0 Å². The van der Waals surface area contributed by atoms with Gasteiger partial charge in [0.05, 0.1) is 0 Å². The first-order valence-electron chi connectivity index (χ1n) is 23.9. The van der Waals surface area contributed by atoms with E-state index in [1.807, 2.05) is 174 Å². The summed E-state index contributed by atoms with van der Waals surface area (Å²) in [6.45, 7) is 0. The van der Waals surface area contributed by atoms with Crippen LogP contribution in [0.25, 0.3) is 98.0 Å². The maximum absolute atomic E-state index is 12.5. The molecule has 0 heterocycles. The molecule has 0 bridgehead atoms. The SMILES string of the molecule is CN(C)C(=N)N(C)C.[H+].[La+3].[O-]c1ccc2ccccc2c1-c1c([O-])ccc2ccccc12.[O-]c1ccc2ccccc2c1-c1c([O-])ccc2ccccc12.[O-]c1ccc2ccccc2c1-c1c([O-])ccc2ccccc12. The van der Waals surface area contributed by atoms with Gasteiger partial charge in [-0.15, -0.1) is 34.5 Å². The molecule has 0 spiro atoms. The number of hydrogen-bond acceptors (Lipinski definition) is 7. The smallest absolute Gasteiger partial charge is 0.872 e. The zero-order valence-electron chi connectivity index (χ0n) is 42.7. The number of fused-ring (bicyclic) bond motifs is 6. The van der Waals surface area contributed by atoms with E-state index in [0.29, 0.717) is 39.3 Å². The van der Waals surface area contributed by atoms with Crippen LogP contribution in [0.3, 0.4) is 0 Å². The molecule has 75 heavy (non-hydrogen) atoms. The Balaban J connectivity index is 0.000000153. The minimum Gasteiger partial charge on any atom is -0.872 e. The van der Waals surface area contributed by atoms with Crippen molar-refractivity contribution in [1.29, 1.82) is 5.41 Å². The van der Waals surface area contributed by atoms with E-state index in [4.69, 9.17) is 5.41 Å². The molecule has 1 N–H and O–H groups in total. The molecule has 366 valence electrons. The Morgan fingerprint density at radius 1 is 0.267 bits per heavy atom. The van der Waals surface area contributed by atoms with Crippen molar-refractivity contribution in [2.24, 2.45) is 0 Å². The number of benzene rings is 12. The van der Waals surface area contributed by atoms with E-state index in [0.717, 1.165) is 64.6 Å². The zero-order valence-corrected chi connectivity index (χ0v) is 45.3. The van der Waals surface area contributed by atoms with Crippen molar-refractivity contribution in [2.45, 2.75) is 0 Å². The van der Waals surface area contributed by atoms with Crippen molar-refractivity contribution in [1.82, 2.24) is 9.80 Å². The molecular weight excluding hydrogens is 1060 g/mol. The molecule has 0 atom stereocenters. The van der Waals surface area contributed by atoms with E-state index in [1.54, 1.807) is 82.6 Å². The van der Waals surface area contributed by atoms with Crippen LogP contribution in [-0.2, 0) is 0 Å². The third kappa shape index (κ3) is 10.9. The summed E-state index contributed by atoms with van der Waals surface area (Å²) in [5.74, 6) is -0.192. The monoisotopic (exact) mass is 1110 g/mol. The van der Waals surface area contributed by atoms with Gasteiger partial charge in [0, 0.05) is 28.2 Å². The molecule has 0 aliphatic heterocycles. The topological polar surface area (TPSA) is 169 Å². The minimum atomic E-state index is -0.118. The Hall–Kier alpha value is -8.54. The van der Waals surface area contributed by atoms with Crippen LogP contribution in [0, 0.1) is 41.0 Å². The Morgan fingerprint density at radius 3 is 0.547 bits per heavy atom. The number of hydrogen-bond donors (Lipinski definition) is 1. The first kappa shape index (κ1) is 52.8. The standard InChI is InChI=1S/3C20H14O2.C5H13N3.La/c3*21-17-11-9-13-5-1-3-7-15(13)19(17)20-16-8-4-2-6-14(16)10-12-18(20)22;1-7(2)5(6)8(3)4;/h3*1-12,21-22H;6H,1-4H3;/q;;;;+3/p-5. The summed E-state index contributed by atoms with van der Waals surface area (Å²) in [5, 5.41) is 92.9. The van der Waals surface area contributed by atoms with E-state index in [-0.39, 0.29) is 71.5 Å². The fourth-order valence-electron chi connectivity index (χ4n) is 9.46. The van der Waals surface area contributed by atoms with Gasteiger partial charge in [-0.1, -0.05) is 218 Å². The first-order chi connectivity index (χ1) is 35.8. The molecule has 12 aromatic rings. The van der Waals surface area contributed by atoms with Gasteiger partial charge in [0.25, 0.3) is 0 Å². The van der Waals surface area contributed by atoms with Gasteiger partial charge >= 0.3 is 37.0 Å². The summed E-state index contributed by atoms with van der Waals surface area (Å²) in [6.07, 6.45) is 0. The van der Waals surface area contributed by atoms with Crippen LogP contribution in [0.5, 0.6) is 34.5 Å².